The van der Waals surface area contributed by atoms with E-state index >= 15 is 0 Å². The summed E-state index contributed by atoms with van der Waals surface area (Å²) in [5.74, 6) is 0.630. The van der Waals surface area contributed by atoms with Crippen molar-refractivity contribution in [2.45, 2.75) is 26.4 Å². The van der Waals surface area contributed by atoms with Crippen LogP contribution < -0.4 is 5.32 Å². The summed E-state index contributed by atoms with van der Waals surface area (Å²) < 4.78 is 0. The third-order valence-electron chi connectivity index (χ3n) is 1.85. The number of aliphatic hydroxyl groups is 1. The minimum absolute atomic E-state index is 0.297. The maximum Gasteiger partial charge on any atom is 0.0794 e. The molecule has 0 aliphatic heterocycles. The molecule has 0 aliphatic carbocycles. The highest BCUT2D eigenvalue weighted by Crippen LogP contribution is 2.08. The van der Waals surface area contributed by atoms with Crippen molar-refractivity contribution in [3.8, 4) is 0 Å². The molecule has 1 aromatic rings. The predicted octanol–water partition coefficient (Wildman–Crippen LogP) is 1.29. The molecule has 1 unspecified atom stereocenters. The van der Waals surface area contributed by atoms with E-state index in [9.17, 15) is 5.11 Å². The zero-order chi connectivity index (χ0) is 10.4. The molecule has 0 spiro atoms. The lowest BCUT2D eigenvalue weighted by Crippen LogP contribution is -2.30. The lowest BCUT2D eigenvalue weighted by atomic mass is 10.2. The SMILES string of the molecule is CC(C)CNCC(O)Cc1cncs1. The second kappa shape index (κ2) is 6.11. The van der Waals surface area contributed by atoms with Crippen LogP contribution in [0.2, 0.25) is 0 Å². The average Bonchev–Trinajstić information content (AvgIpc) is 2.56. The molecule has 1 aromatic heterocycles. The van der Waals surface area contributed by atoms with Gasteiger partial charge in [-0.25, -0.2) is 0 Å². The molecule has 0 saturated carbocycles. The number of nitrogens with one attached hydrogen (secondary N) is 1. The molecule has 2 N–H and O–H groups in total. The van der Waals surface area contributed by atoms with Gasteiger partial charge in [-0.3, -0.25) is 4.98 Å². The number of hydrogen-bond acceptors (Lipinski definition) is 4. The largest absolute Gasteiger partial charge is 0.391 e. The van der Waals surface area contributed by atoms with Crippen molar-refractivity contribution in [2.24, 2.45) is 5.92 Å². The number of hydrogen-bond donors (Lipinski definition) is 2. The van der Waals surface area contributed by atoms with Gasteiger partial charge in [-0.2, -0.15) is 0 Å². The van der Waals surface area contributed by atoms with Crippen LogP contribution in [-0.2, 0) is 6.42 Å². The number of thiazole rings is 1. The summed E-state index contributed by atoms with van der Waals surface area (Å²) in [5, 5.41) is 12.9. The van der Waals surface area contributed by atoms with Gasteiger partial charge in [-0.1, -0.05) is 13.8 Å². The molecule has 0 aromatic carbocycles. The second-order valence-electron chi connectivity index (χ2n) is 3.88. The van der Waals surface area contributed by atoms with Gasteiger partial charge in [0.15, 0.2) is 0 Å². The maximum atomic E-state index is 9.65. The maximum absolute atomic E-state index is 9.65. The Balaban J connectivity index is 2.13. The van der Waals surface area contributed by atoms with Crippen molar-refractivity contribution in [3.05, 3.63) is 16.6 Å². The molecule has 4 heteroatoms. The minimum atomic E-state index is -0.297. The highest BCUT2D eigenvalue weighted by Gasteiger charge is 2.06. The Morgan fingerprint density at radius 1 is 1.50 bits per heavy atom. The van der Waals surface area contributed by atoms with E-state index in [2.05, 4.69) is 24.1 Å². The van der Waals surface area contributed by atoms with Gasteiger partial charge in [0, 0.05) is 24.0 Å². The summed E-state index contributed by atoms with van der Waals surface area (Å²) in [6.45, 7) is 5.93. The van der Waals surface area contributed by atoms with Crippen LogP contribution in [0, 0.1) is 5.92 Å². The molecule has 0 fully saturated rings. The molecule has 0 radical (unpaired) electrons. The minimum Gasteiger partial charge on any atom is -0.391 e. The predicted molar refractivity (Wildman–Crippen MR) is 59.5 cm³/mol. The Hall–Kier alpha value is -0.450. The van der Waals surface area contributed by atoms with Gasteiger partial charge >= 0.3 is 0 Å². The number of aromatic nitrogens is 1. The number of aliphatic hydroxyl groups excluding tert-OH is 1. The Labute approximate surface area is 89.2 Å². The van der Waals surface area contributed by atoms with Crippen molar-refractivity contribution in [2.75, 3.05) is 13.1 Å². The Morgan fingerprint density at radius 3 is 2.86 bits per heavy atom. The summed E-state index contributed by atoms with van der Waals surface area (Å²) in [5.41, 5.74) is 1.80. The van der Waals surface area contributed by atoms with Gasteiger partial charge < -0.3 is 10.4 Å². The van der Waals surface area contributed by atoms with Gasteiger partial charge in [0.05, 0.1) is 11.6 Å². The molecule has 1 atom stereocenters. The van der Waals surface area contributed by atoms with E-state index in [1.807, 2.05) is 6.20 Å². The number of nitrogens with zero attached hydrogens (tertiary/aromatic N) is 1. The van der Waals surface area contributed by atoms with Crippen LogP contribution in [0.1, 0.15) is 18.7 Å². The molecular formula is C10H18N2OS. The van der Waals surface area contributed by atoms with Crippen molar-refractivity contribution in [1.82, 2.24) is 10.3 Å². The summed E-state index contributed by atoms with van der Waals surface area (Å²) >= 11 is 1.59. The topological polar surface area (TPSA) is 45.1 Å². The quantitative estimate of drug-likeness (QED) is 0.750. The summed E-state index contributed by atoms with van der Waals surface area (Å²) in [6, 6.07) is 0. The first kappa shape index (κ1) is 11.6. The lowest BCUT2D eigenvalue weighted by molar-refractivity contribution is 0.171. The first-order chi connectivity index (χ1) is 6.68. The van der Waals surface area contributed by atoms with Crippen LogP contribution in [0.4, 0.5) is 0 Å². The van der Waals surface area contributed by atoms with Gasteiger partial charge in [-0.15, -0.1) is 11.3 Å². The van der Waals surface area contributed by atoms with Crippen LogP contribution in [0.25, 0.3) is 0 Å². The molecular weight excluding hydrogens is 196 g/mol. The fourth-order valence-corrected chi connectivity index (χ4v) is 1.85. The van der Waals surface area contributed by atoms with Gasteiger partial charge in [0.25, 0.3) is 0 Å². The number of rotatable bonds is 6. The van der Waals surface area contributed by atoms with Crippen LogP contribution in [0.3, 0.4) is 0 Å². The van der Waals surface area contributed by atoms with Gasteiger partial charge in [0.2, 0.25) is 0 Å². The zero-order valence-corrected chi connectivity index (χ0v) is 9.55. The molecule has 0 aliphatic rings. The Bertz CT molecular complexity index is 236. The molecule has 80 valence electrons. The smallest absolute Gasteiger partial charge is 0.0794 e. The molecule has 0 bridgehead atoms. The van der Waals surface area contributed by atoms with Crippen molar-refractivity contribution < 1.29 is 5.11 Å². The van der Waals surface area contributed by atoms with Crippen molar-refractivity contribution >= 4 is 11.3 Å². The Kier molecular flexibility index (Phi) is 5.07. The van der Waals surface area contributed by atoms with E-state index in [-0.39, 0.29) is 6.10 Å². The van der Waals surface area contributed by atoms with Gasteiger partial charge in [-0.05, 0) is 12.5 Å². The van der Waals surface area contributed by atoms with Crippen LogP contribution >= 0.6 is 11.3 Å². The molecule has 1 rings (SSSR count). The molecule has 3 nitrogen and oxygen atoms in total. The molecule has 14 heavy (non-hydrogen) atoms. The summed E-state index contributed by atoms with van der Waals surface area (Å²) in [7, 11) is 0. The van der Waals surface area contributed by atoms with Crippen LogP contribution in [0.5, 0.6) is 0 Å². The third kappa shape index (κ3) is 4.69. The fourth-order valence-electron chi connectivity index (χ4n) is 1.19. The van der Waals surface area contributed by atoms with Crippen molar-refractivity contribution in [3.63, 3.8) is 0 Å². The van der Waals surface area contributed by atoms with E-state index in [0.717, 1.165) is 11.4 Å². The summed E-state index contributed by atoms with van der Waals surface area (Å²) in [4.78, 5) is 5.11. The van der Waals surface area contributed by atoms with Gasteiger partial charge in [0.1, 0.15) is 0 Å². The lowest BCUT2D eigenvalue weighted by Gasteiger charge is -2.11. The summed E-state index contributed by atoms with van der Waals surface area (Å²) in [6.07, 6.45) is 2.22. The first-order valence-electron chi connectivity index (χ1n) is 4.94. The van der Waals surface area contributed by atoms with E-state index in [4.69, 9.17) is 0 Å². The highest BCUT2D eigenvalue weighted by atomic mass is 32.1. The van der Waals surface area contributed by atoms with E-state index < -0.39 is 0 Å². The first-order valence-corrected chi connectivity index (χ1v) is 5.82. The van der Waals surface area contributed by atoms with Crippen LogP contribution in [-0.4, -0.2) is 29.3 Å². The second-order valence-corrected chi connectivity index (χ2v) is 4.85. The highest BCUT2D eigenvalue weighted by molar-refractivity contribution is 7.09. The zero-order valence-electron chi connectivity index (χ0n) is 8.73. The third-order valence-corrected chi connectivity index (χ3v) is 2.65. The monoisotopic (exact) mass is 214 g/mol. The molecule has 1 heterocycles. The standard InChI is InChI=1S/C10H18N2OS/c1-8(2)4-11-5-9(13)3-10-6-12-7-14-10/h6-9,11,13H,3-5H2,1-2H3. The van der Waals surface area contributed by atoms with Crippen LogP contribution in [0.15, 0.2) is 11.7 Å². The van der Waals surface area contributed by atoms with E-state index in [0.29, 0.717) is 18.9 Å². The van der Waals surface area contributed by atoms with Crippen molar-refractivity contribution in [1.29, 1.82) is 0 Å². The van der Waals surface area contributed by atoms with E-state index in [1.165, 1.54) is 0 Å². The molecule has 0 amide bonds. The normalized spacial score (nSPS) is 13.4. The van der Waals surface area contributed by atoms with E-state index in [1.54, 1.807) is 16.8 Å². The fraction of sp³-hybridized carbons (Fsp3) is 0.700. The average molecular weight is 214 g/mol. The Morgan fingerprint density at radius 2 is 2.29 bits per heavy atom. The molecule has 0 saturated heterocycles.